The van der Waals surface area contributed by atoms with Gasteiger partial charge in [0.25, 0.3) is 0 Å². The zero-order valence-corrected chi connectivity index (χ0v) is 9.73. The summed E-state index contributed by atoms with van der Waals surface area (Å²) in [5.41, 5.74) is 2.35. The molecule has 0 bridgehead atoms. The van der Waals surface area contributed by atoms with E-state index in [1.807, 2.05) is 17.0 Å². The van der Waals surface area contributed by atoms with Gasteiger partial charge in [0.2, 0.25) is 5.91 Å². The Balaban J connectivity index is 2.41. The van der Waals surface area contributed by atoms with Gasteiger partial charge >= 0.3 is 0 Å². The summed E-state index contributed by atoms with van der Waals surface area (Å²) in [4.78, 5) is 13.4. The summed E-state index contributed by atoms with van der Waals surface area (Å²) < 4.78 is 0. The fraction of sp³-hybridized carbons (Fsp3) is 0.462. The maximum atomic E-state index is 11.5. The fourth-order valence-corrected chi connectivity index (χ4v) is 2.52. The van der Waals surface area contributed by atoms with E-state index in [4.69, 9.17) is 0 Å². The molecule has 0 radical (unpaired) electrons. The van der Waals surface area contributed by atoms with E-state index in [0.717, 1.165) is 19.4 Å². The van der Waals surface area contributed by atoms with Crippen molar-refractivity contribution in [3.63, 3.8) is 0 Å². The number of carbonyl (C=O) groups excluding carboxylic acids is 1. The zero-order chi connectivity index (χ0) is 11.7. The Bertz CT molecular complexity index is 414. The smallest absolute Gasteiger partial charge is 0.219 e. The highest BCUT2D eigenvalue weighted by atomic mass is 16.3. The van der Waals surface area contributed by atoms with Crippen molar-refractivity contribution >= 4 is 5.91 Å². The molecule has 1 N–H and O–H groups in total. The minimum absolute atomic E-state index is 0.130. The van der Waals surface area contributed by atoms with Gasteiger partial charge < -0.3 is 10.0 Å². The van der Waals surface area contributed by atoms with Gasteiger partial charge in [0.15, 0.2) is 0 Å². The van der Waals surface area contributed by atoms with Gasteiger partial charge in [-0.15, -0.1) is 0 Å². The van der Waals surface area contributed by atoms with Gasteiger partial charge in [-0.05, 0) is 36.1 Å². The Kier molecular flexibility index (Phi) is 2.86. The topological polar surface area (TPSA) is 40.5 Å². The van der Waals surface area contributed by atoms with E-state index in [1.54, 1.807) is 13.0 Å². The van der Waals surface area contributed by atoms with Crippen LogP contribution in [0.25, 0.3) is 0 Å². The second-order valence-electron chi connectivity index (χ2n) is 4.27. The number of benzene rings is 1. The molecule has 0 fully saturated rings. The van der Waals surface area contributed by atoms with Gasteiger partial charge in [0.1, 0.15) is 5.75 Å². The Morgan fingerprint density at radius 2 is 2.31 bits per heavy atom. The molecule has 1 heterocycles. The van der Waals surface area contributed by atoms with Crippen molar-refractivity contribution in [3.05, 3.63) is 29.3 Å². The Hall–Kier alpha value is -1.51. The molecule has 3 heteroatoms. The number of carbonyl (C=O) groups is 1. The Morgan fingerprint density at radius 3 is 2.94 bits per heavy atom. The number of phenolic OH excluding ortho intramolecular Hbond substituents is 1. The fourth-order valence-electron chi connectivity index (χ4n) is 2.52. The van der Waals surface area contributed by atoms with Gasteiger partial charge in [-0.25, -0.2) is 0 Å². The first kappa shape index (κ1) is 11.0. The first-order valence-corrected chi connectivity index (χ1v) is 5.72. The van der Waals surface area contributed by atoms with E-state index >= 15 is 0 Å². The molecular formula is C13H17NO2. The van der Waals surface area contributed by atoms with E-state index in [1.165, 1.54) is 11.1 Å². The average Bonchev–Trinajstić information content (AvgIpc) is 2.26. The molecule has 86 valence electrons. The molecule has 1 aromatic rings. The van der Waals surface area contributed by atoms with E-state index in [9.17, 15) is 9.90 Å². The minimum atomic E-state index is 0.130. The normalized spacial score (nSPS) is 19.4. The third kappa shape index (κ3) is 1.77. The minimum Gasteiger partial charge on any atom is -0.508 e. The second kappa shape index (κ2) is 4.16. The molecule has 0 aliphatic carbocycles. The quantitative estimate of drug-likeness (QED) is 0.787. The van der Waals surface area contributed by atoms with Crippen molar-refractivity contribution in [2.24, 2.45) is 0 Å². The van der Waals surface area contributed by atoms with Crippen LogP contribution in [0.15, 0.2) is 18.2 Å². The molecule has 1 aliphatic heterocycles. The molecule has 16 heavy (non-hydrogen) atoms. The Morgan fingerprint density at radius 1 is 1.56 bits per heavy atom. The lowest BCUT2D eigenvalue weighted by atomic mass is 9.91. The van der Waals surface area contributed by atoms with Gasteiger partial charge in [-0.3, -0.25) is 4.79 Å². The van der Waals surface area contributed by atoms with Crippen LogP contribution >= 0.6 is 0 Å². The van der Waals surface area contributed by atoms with Crippen LogP contribution in [0.5, 0.6) is 5.75 Å². The number of nitrogens with zero attached hydrogens (tertiary/aromatic N) is 1. The van der Waals surface area contributed by atoms with Gasteiger partial charge in [-0.2, -0.15) is 0 Å². The van der Waals surface area contributed by atoms with E-state index in [0.29, 0.717) is 5.75 Å². The van der Waals surface area contributed by atoms with E-state index < -0.39 is 0 Å². The molecular weight excluding hydrogens is 202 g/mol. The number of aromatic hydroxyl groups is 1. The lowest BCUT2D eigenvalue weighted by Gasteiger charge is -2.36. The summed E-state index contributed by atoms with van der Waals surface area (Å²) in [7, 11) is 0. The summed E-state index contributed by atoms with van der Waals surface area (Å²) in [5.74, 6) is 0.440. The summed E-state index contributed by atoms with van der Waals surface area (Å²) in [6, 6.07) is 5.62. The number of fused-ring (bicyclic) bond motifs is 1. The van der Waals surface area contributed by atoms with Crippen LogP contribution in [0.1, 0.15) is 37.4 Å². The van der Waals surface area contributed by atoms with Crippen LogP contribution in [-0.2, 0) is 11.2 Å². The van der Waals surface area contributed by atoms with E-state index in [2.05, 4.69) is 6.92 Å². The third-order valence-electron chi connectivity index (χ3n) is 3.27. The van der Waals surface area contributed by atoms with Crippen LogP contribution in [0.2, 0.25) is 0 Å². The molecule has 1 aliphatic rings. The standard InChI is InChI=1S/C13H17NO2/c1-3-13-12-5-4-11(16)8-10(12)6-7-14(13)9(2)15/h4-5,8,13,16H,3,6-7H2,1-2H3. The first-order valence-electron chi connectivity index (χ1n) is 5.72. The maximum Gasteiger partial charge on any atom is 0.219 e. The maximum absolute atomic E-state index is 11.5. The largest absolute Gasteiger partial charge is 0.508 e. The molecule has 0 aromatic heterocycles. The van der Waals surface area contributed by atoms with E-state index in [-0.39, 0.29) is 11.9 Å². The second-order valence-corrected chi connectivity index (χ2v) is 4.27. The van der Waals surface area contributed by atoms with Crippen molar-refractivity contribution in [2.75, 3.05) is 6.54 Å². The molecule has 1 aromatic carbocycles. The van der Waals surface area contributed by atoms with Gasteiger partial charge in [0, 0.05) is 13.5 Å². The summed E-state index contributed by atoms with van der Waals surface area (Å²) in [6.07, 6.45) is 1.75. The van der Waals surface area contributed by atoms with Gasteiger partial charge in [0.05, 0.1) is 6.04 Å². The molecule has 0 saturated heterocycles. The number of hydrogen-bond acceptors (Lipinski definition) is 2. The van der Waals surface area contributed by atoms with Crippen molar-refractivity contribution in [2.45, 2.75) is 32.7 Å². The summed E-state index contributed by atoms with van der Waals surface area (Å²) >= 11 is 0. The van der Waals surface area contributed by atoms with Crippen LogP contribution < -0.4 is 0 Å². The lowest BCUT2D eigenvalue weighted by Crippen LogP contribution is -2.38. The molecule has 0 saturated carbocycles. The number of amides is 1. The first-order chi connectivity index (χ1) is 7.63. The predicted octanol–water partition coefficient (Wildman–Crippen LogP) is 2.25. The van der Waals surface area contributed by atoms with Gasteiger partial charge in [-0.1, -0.05) is 13.0 Å². The highest BCUT2D eigenvalue weighted by Gasteiger charge is 2.27. The highest BCUT2D eigenvalue weighted by Crippen LogP contribution is 2.33. The zero-order valence-electron chi connectivity index (χ0n) is 9.73. The number of phenols is 1. The lowest BCUT2D eigenvalue weighted by molar-refractivity contribution is -0.131. The summed E-state index contributed by atoms with van der Waals surface area (Å²) in [6.45, 7) is 4.46. The average molecular weight is 219 g/mol. The predicted molar refractivity (Wildman–Crippen MR) is 62.2 cm³/mol. The summed E-state index contributed by atoms with van der Waals surface area (Å²) in [5, 5.41) is 9.44. The van der Waals surface area contributed by atoms with Crippen molar-refractivity contribution in [3.8, 4) is 5.75 Å². The number of rotatable bonds is 1. The molecule has 3 nitrogen and oxygen atoms in total. The van der Waals surface area contributed by atoms with Crippen molar-refractivity contribution in [1.82, 2.24) is 4.90 Å². The van der Waals surface area contributed by atoms with Crippen LogP contribution in [0.3, 0.4) is 0 Å². The molecule has 2 rings (SSSR count). The Labute approximate surface area is 95.7 Å². The van der Waals surface area contributed by atoms with Crippen LogP contribution in [0.4, 0.5) is 0 Å². The SMILES string of the molecule is CCC1c2ccc(O)cc2CCN1C(C)=O. The van der Waals surface area contributed by atoms with Crippen molar-refractivity contribution < 1.29 is 9.90 Å². The molecule has 1 amide bonds. The van der Waals surface area contributed by atoms with Crippen LogP contribution in [0, 0.1) is 0 Å². The highest BCUT2D eigenvalue weighted by molar-refractivity contribution is 5.74. The molecule has 0 spiro atoms. The number of hydrogen-bond donors (Lipinski definition) is 1. The van der Waals surface area contributed by atoms with Crippen LogP contribution in [-0.4, -0.2) is 22.5 Å². The van der Waals surface area contributed by atoms with Crippen molar-refractivity contribution in [1.29, 1.82) is 0 Å². The molecule has 1 atom stereocenters. The molecule has 1 unspecified atom stereocenters. The monoisotopic (exact) mass is 219 g/mol. The third-order valence-corrected chi connectivity index (χ3v) is 3.27.